The van der Waals surface area contributed by atoms with Crippen molar-refractivity contribution < 1.29 is 4.79 Å². The van der Waals surface area contributed by atoms with Gasteiger partial charge in [0.2, 0.25) is 5.91 Å². The van der Waals surface area contributed by atoms with Gasteiger partial charge in [-0.25, -0.2) is 9.97 Å². The van der Waals surface area contributed by atoms with Crippen molar-refractivity contribution in [2.45, 2.75) is 40.0 Å². The predicted molar refractivity (Wildman–Crippen MR) is 105 cm³/mol. The Labute approximate surface area is 154 Å². The smallest absolute Gasteiger partial charge is 0.221 e. The molecule has 0 spiro atoms. The second-order valence-corrected chi connectivity index (χ2v) is 7.29. The van der Waals surface area contributed by atoms with E-state index in [1.165, 1.54) is 4.88 Å². The highest BCUT2D eigenvalue weighted by Gasteiger charge is 2.07. The molecular formula is C18H29N5OS. The van der Waals surface area contributed by atoms with E-state index in [0.717, 1.165) is 55.1 Å². The SMILES string of the molecule is CCN(CC)CCCCNC(=O)CCNc1ncnc2sc(C)cc12. The van der Waals surface area contributed by atoms with Gasteiger partial charge in [-0.05, 0) is 45.5 Å². The fourth-order valence-electron chi connectivity index (χ4n) is 2.73. The number of carbonyl (C=O) groups excluding carboxylic acids is 1. The van der Waals surface area contributed by atoms with Crippen LogP contribution in [0.1, 0.15) is 38.0 Å². The fourth-order valence-corrected chi connectivity index (χ4v) is 3.57. The van der Waals surface area contributed by atoms with Gasteiger partial charge < -0.3 is 15.5 Å². The Morgan fingerprint density at radius 2 is 2.00 bits per heavy atom. The zero-order chi connectivity index (χ0) is 18.1. The molecule has 6 nitrogen and oxygen atoms in total. The van der Waals surface area contributed by atoms with Crippen LogP contribution in [0.3, 0.4) is 0 Å². The van der Waals surface area contributed by atoms with Crippen LogP contribution < -0.4 is 10.6 Å². The summed E-state index contributed by atoms with van der Waals surface area (Å²) in [5.41, 5.74) is 0. The lowest BCUT2D eigenvalue weighted by atomic mass is 10.2. The average Bonchev–Trinajstić information content (AvgIpc) is 2.99. The van der Waals surface area contributed by atoms with Gasteiger partial charge in [-0.15, -0.1) is 11.3 Å². The van der Waals surface area contributed by atoms with Gasteiger partial charge >= 0.3 is 0 Å². The van der Waals surface area contributed by atoms with Crippen molar-refractivity contribution in [2.24, 2.45) is 0 Å². The zero-order valence-electron chi connectivity index (χ0n) is 15.5. The largest absolute Gasteiger partial charge is 0.369 e. The molecule has 1 amide bonds. The molecule has 2 heterocycles. The number of carbonyl (C=O) groups is 1. The zero-order valence-corrected chi connectivity index (χ0v) is 16.3. The van der Waals surface area contributed by atoms with Crippen LogP contribution in [0.25, 0.3) is 10.2 Å². The summed E-state index contributed by atoms with van der Waals surface area (Å²) in [7, 11) is 0. The van der Waals surface area contributed by atoms with Crippen LogP contribution >= 0.6 is 11.3 Å². The molecule has 0 saturated carbocycles. The maximum absolute atomic E-state index is 11.9. The van der Waals surface area contributed by atoms with E-state index in [4.69, 9.17) is 0 Å². The molecule has 0 aromatic carbocycles. The molecule has 2 aromatic rings. The van der Waals surface area contributed by atoms with E-state index in [1.54, 1.807) is 17.7 Å². The molecule has 2 N–H and O–H groups in total. The lowest BCUT2D eigenvalue weighted by molar-refractivity contribution is -0.120. The maximum atomic E-state index is 11.9. The number of thiophene rings is 1. The molecule has 0 radical (unpaired) electrons. The van der Waals surface area contributed by atoms with Gasteiger partial charge in [0.1, 0.15) is 17.0 Å². The molecule has 2 aromatic heterocycles. The van der Waals surface area contributed by atoms with E-state index >= 15 is 0 Å². The van der Waals surface area contributed by atoms with E-state index in [9.17, 15) is 4.79 Å². The quantitative estimate of drug-likeness (QED) is 0.601. The Bertz CT molecular complexity index is 669. The summed E-state index contributed by atoms with van der Waals surface area (Å²) in [6.45, 7) is 11.0. The lowest BCUT2D eigenvalue weighted by Crippen LogP contribution is -2.28. The number of hydrogen-bond donors (Lipinski definition) is 2. The normalized spacial score (nSPS) is 11.2. The van der Waals surface area contributed by atoms with Gasteiger partial charge in [-0.3, -0.25) is 4.79 Å². The third-order valence-corrected chi connectivity index (χ3v) is 5.17. The lowest BCUT2D eigenvalue weighted by Gasteiger charge is -2.17. The van der Waals surface area contributed by atoms with Crippen LogP contribution in [0.15, 0.2) is 12.4 Å². The summed E-state index contributed by atoms with van der Waals surface area (Å²) >= 11 is 1.65. The molecule has 0 fully saturated rings. The van der Waals surface area contributed by atoms with Crippen molar-refractivity contribution in [2.75, 3.05) is 38.0 Å². The van der Waals surface area contributed by atoms with E-state index in [2.05, 4.69) is 52.3 Å². The molecule has 0 unspecified atom stereocenters. The molecule has 0 atom stereocenters. The van der Waals surface area contributed by atoms with Crippen molar-refractivity contribution in [3.05, 3.63) is 17.3 Å². The molecule has 2 rings (SSSR count). The summed E-state index contributed by atoms with van der Waals surface area (Å²) in [6, 6.07) is 2.08. The van der Waals surface area contributed by atoms with Gasteiger partial charge in [-0.2, -0.15) is 0 Å². The van der Waals surface area contributed by atoms with Gasteiger partial charge in [0.25, 0.3) is 0 Å². The number of nitrogens with one attached hydrogen (secondary N) is 2. The molecule has 0 saturated heterocycles. The van der Waals surface area contributed by atoms with Gasteiger partial charge in [0.05, 0.1) is 5.39 Å². The van der Waals surface area contributed by atoms with Crippen LogP contribution in [0.4, 0.5) is 5.82 Å². The monoisotopic (exact) mass is 363 g/mol. The van der Waals surface area contributed by atoms with Crippen molar-refractivity contribution in [1.29, 1.82) is 0 Å². The van der Waals surface area contributed by atoms with Gasteiger partial charge in [0.15, 0.2) is 0 Å². The minimum atomic E-state index is 0.0853. The minimum Gasteiger partial charge on any atom is -0.369 e. The number of anilines is 1. The van der Waals surface area contributed by atoms with Crippen molar-refractivity contribution in [1.82, 2.24) is 20.2 Å². The van der Waals surface area contributed by atoms with Crippen LogP contribution in [-0.2, 0) is 4.79 Å². The number of unbranched alkanes of at least 4 members (excludes halogenated alkanes) is 1. The van der Waals surface area contributed by atoms with Crippen molar-refractivity contribution >= 4 is 33.3 Å². The minimum absolute atomic E-state index is 0.0853. The molecule has 0 aliphatic heterocycles. The molecule has 138 valence electrons. The highest BCUT2D eigenvalue weighted by Crippen LogP contribution is 2.27. The Hall–Kier alpha value is -1.73. The number of amides is 1. The van der Waals surface area contributed by atoms with E-state index < -0.39 is 0 Å². The molecule has 0 aliphatic rings. The first-order valence-electron chi connectivity index (χ1n) is 9.08. The first-order chi connectivity index (χ1) is 12.1. The number of fused-ring (bicyclic) bond motifs is 1. The number of hydrogen-bond acceptors (Lipinski definition) is 6. The Morgan fingerprint density at radius 1 is 1.20 bits per heavy atom. The van der Waals surface area contributed by atoms with Crippen LogP contribution in [0, 0.1) is 6.92 Å². The van der Waals surface area contributed by atoms with E-state index in [1.807, 2.05) is 0 Å². The number of rotatable bonds is 11. The topological polar surface area (TPSA) is 70.2 Å². The Kier molecular flexibility index (Phi) is 8.08. The first kappa shape index (κ1) is 19.6. The summed E-state index contributed by atoms with van der Waals surface area (Å²) in [5, 5.41) is 7.27. The highest BCUT2D eigenvalue weighted by atomic mass is 32.1. The van der Waals surface area contributed by atoms with Crippen molar-refractivity contribution in [3.8, 4) is 0 Å². The maximum Gasteiger partial charge on any atom is 0.221 e. The van der Waals surface area contributed by atoms with Crippen LogP contribution in [0.2, 0.25) is 0 Å². The predicted octanol–water partition coefficient (Wildman–Crippen LogP) is 3.04. The van der Waals surface area contributed by atoms with Crippen LogP contribution in [-0.4, -0.2) is 53.5 Å². The third kappa shape index (κ3) is 6.25. The number of aryl methyl sites for hydroxylation is 1. The summed E-state index contributed by atoms with van der Waals surface area (Å²) in [5.74, 6) is 0.892. The van der Waals surface area contributed by atoms with Crippen molar-refractivity contribution in [3.63, 3.8) is 0 Å². The summed E-state index contributed by atoms with van der Waals surface area (Å²) in [4.78, 5) is 25.1. The standard InChI is InChI=1S/C18H29N5OS/c1-4-23(5-2)11-7-6-9-19-16(24)8-10-20-17-15-12-14(3)25-18(15)22-13-21-17/h12-13H,4-11H2,1-3H3,(H,19,24)(H,20,21,22). The van der Waals surface area contributed by atoms with Gasteiger partial charge in [-0.1, -0.05) is 13.8 Å². The second kappa shape index (κ2) is 10.3. The Balaban J connectivity index is 1.63. The number of nitrogens with zero attached hydrogens (tertiary/aromatic N) is 3. The van der Waals surface area contributed by atoms with E-state index in [-0.39, 0.29) is 5.91 Å². The fraction of sp³-hybridized carbons (Fsp3) is 0.611. The highest BCUT2D eigenvalue weighted by molar-refractivity contribution is 7.18. The summed E-state index contributed by atoms with van der Waals surface area (Å²) < 4.78 is 0. The second-order valence-electron chi connectivity index (χ2n) is 6.06. The number of aromatic nitrogens is 2. The van der Waals surface area contributed by atoms with E-state index in [0.29, 0.717) is 13.0 Å². The summed E-state index contributed by atoms with van der Waals surface area (Å²) in [6.07, 6.45) is 4.16. The molecule has 0 aliphatic carbocycles. The Morgan fingerprint density at radius 3 is 2.76 bits per heavy atom. The third-order valence-electron chi connectivity index (χ3n) is 4.21. The molecule has 7 heteroatoms. The van der Waals surface area contributed by atoms with Gasteiger partial charge in [0, 0.05) is 24.4 Å². The first-order valence-corrected chi connectivity index (χ1v) is 9.89. The molecule has 0 bridgehead atoms. The average molecular weight is 364 g/mol. The molecule has 25 heavy (non-hydrogen) atoms. The molecular weight excluding hydrogens is 334 g/mol. The van der Waals surface area contributed by atoms with Crippen LogP contribution in [0.5, 0.6) is 0 Å².